The highest BCUT2D eigenvalue weighted by Gasteiger charge is 2.24. The molecule has 1 aliphatic carbocycles. The zero-order valence-corrected chi connectivity index (χ0v) is 22.3. The first-order valence-electron chi connectivity index (χ1n) is 13.8. The first kappa shape index (κ1) is 24.6. The van der Waals surface area contributed by atoms with Crippen molar-refractivity contribution in [2.45, 2.75) is 58.4 Å². The van der Waals surface area contributed by atoms with Crippen molar-refractivity contribution in [3.63, 3.8) is 0 Å². The highest BCUT2D eigenvalue weighted by atomic mass is 16.1. The van der Waals surface area contributed by atoms with Gasteiger partial charge < -0.3 is 16.0 Å². The molecule has 38 heavy (non-hydrogen) atoms. The number of aryl methyl sites for hydroxylation is 3. The van der Waals surface area contributed by atoms with Crippen LogP contribution in [0.1, 0.15) is 58.3 Å². The summed E-state index contributed by atoms with van der Waals surface area (Å²) in [6, 6.07) is 17.3. The van der Waals surface area contributed by atoms with E-state index in [4.69, 9.17) is 10.7 Å². The Morgan fingerprint density at radius 3 is 2.58 bits per heavy atom. The number of hydrogen-bond acceptors (Lipinski definition) is 5. The second-order valence-corrected chi connectivity index (χ2v) is 10.8. The van der Waals surface area contributed by atoms with Crippen LogP contribution in [-0.2, 0) is 12.8 Å². The predicted molar refractivity (Wildman–Crippen MR) is 154 cm³/mol. The monoisotopic (exact) mass is 505 g/mol. The Bertz CT molecular complexity index is 1520. The third-order valence-corrected chi connectivity index (χ3v) is 8.43. The number of para-hydroxylation sites is 1. The molecule has 4 aromatic rings. The minimum Gasteiger partial charge on any atom is -0.366 e. The van der Waals surface area contributed by atoms with Gasteiger partial charge in [-0.1, -0.05) is 30.3 Å². The lowest BCUT2D eigenvalue weighted by Gasteiger charge is -2.25. The van der Waals surface area contributed by atoms with Crippen molar-refractivity contribution in [2.75, 3.05) is 18.4 Å². The van der Waals surface area contributed by atoms with Crippen molar-refractivity contribution in [1.82, 2.24) is 14.9 Å². The number of fused-ring (bicyclic) bond motifs is 2. The zero-order valence-electron chi connectivity index (χ0n) is 22.3. The van der Waals surface area contributed by atoms with Crippen LogP contribution in [0.15, 0.2) is 54.7 Å². The van der Waals surface area contributed by atoms with Crippen LogP contribution < -0.4 is 11.1 Å². The Morgan fingerprint density at radius 2 is 1.79 bits per heavy atom. The first-order chi connectivity index (χ1) is 18.5. The maximum atomic E-state index is 12.0. The number of primary amides is 1. The summed E-state index contributed by atoms with van der Waals surface area (Å²) in [4.78, 5) is 24.3. The van der Waals surface area contributed by atoms with Gasteiger partial charge in [-0.3, -0.25) is 4.79 Å². The van der Waals surface area contributed by atoms with Crippen LogP contribution >= 0.6 is 0 Å². The molecule has 0 saturated carbocycles. The van der Waals surface area contributed by atoms with Gasteiger partial charge in [0.1, 0.15) is 0 Å². The van der Waals surface area contributed by atoms with Crippen LogP contribution in [0.3, 0.4) is 0 Å². The van der Waals surface area contributed by atoms with E-state index >= 15 is 0 Å². The zero-order chi connectivity index (χ0) is 26.2. The van der Waals surface area contributed by atoms with Gasteiger partial charge in [-0.15, -0.1) is 0 Å². The van der Waals surface area contributed by atoms with Crippen LogP contribution in [0.2, 0.25) is 0 Å². The van der Waals surface area contributed by atoms with Crippen molar-refractivity contribution < 1.29 is 4.79 Å². The molecule has 0 spiro atoms. The second kappa shape index (κ2) is 10.2. The standard InChI is InChI=1S/C32H35N5O/c1-20-8-15-27(31(33)38)21(2)29(20)28-7-5-6-24-19-34-32(36-30(24)28)35-25-12-9-22-10-13-26(14-11-23(22)18-25)37-16-3-4-17-37/h5-9,12,15,18-19,26H,3-4,10-11,13-14,16-17H2,1-2H3,(H2,33,38)(H,34,35,36). The summed E-state index contributed by atoms with van der Waals surface area (Å²) in [5.74, 6) is 0.144. The molecule has 6 heteroatoms. The Balaban J connectivity index is 1.30. The summed E-state index contributed by atoms with van der Waals surface area (Å²) >= 11 is 0. The fourth-order valence-corrected chi connectivity index (χ4v) is 6.42. The molecule has 1 saturated heterocycles. The highest BCUT2D eigenvalue weighted by molar-refractivity contribution is 6.00. The molecule has 1 fully saturated rings. The van der Waals surface area contributed by atoms with Gasteiger partial charge in [-0.25, -0.2) is 9.97 Å². The fourth-order valence-electron chi connectivity index (χ4n) is 6.42. The second-order valence-electron chi connectivity index (χ2n) is 10.8. The molecule has 6 nitrogen and oxygen atoms in total. The maximum absolute atomic E-state index is 12.0. The van der Waals surface area contributed by atoms with Crippen LogP contribution in [0.25, 0.3) is 22.0 Å². The van der Waals surface area contributed by atoms with E-state index in [0.717, 1.165) is 51.7 Å². The molecule has 2 aliphatic rings. The maximum Gasteiger partial charge on any atom is 0.248 e. The van der Waals surface area contributed by atoms with E-state index in [1.807, 2.05) is 31.3 Å². The van der Waals surface area contributed by atoms with E-state index in [2.05, 4.69) is 46.4 Å². The Kier molecular flexibility index (Phi) is 6.58. The van der Waals surface area contributed by atoms with Crippen LogP contribution in [0.5, 0.6) is 0 Å². The molecule has 3 N–H and O–H groups in total. The van der Waals surface area contributed by atoms with Crippen LogP contribution in [-0.4, -0.2) is 39.9 Å². The van der Waals surface area contributed by atoms with Gasteiger partial charge in [-0.2, -0.15) is 0 Å². The van der Waals surface area contributed by atoms with Gasteiger partial charge in [0.25, 0.3) is 0 Å². The smallest absolute Gasteiger partial charge is 0.248 e. The van der Waals surface area contributed by atoms with Gasteiger partial charge in [0, 0.05) is 34.4 Å². The molecule has 1 atom stereocenters. The van der Waals surface area contributed by atoms with Gasteiger partial charge >= 0.3 is 0 Å². The molecule has 2 heterocycles. The fraction of sp³-hybridized carbons (Fsp3) is 0.344. The van der Waals surface area contributed by atoms with Crippen molar-refractivity contribution in [1.29, 1.82) is 0 Å². The van der Waals surface area contributed by atoms with Crippen molar-refractivity contribution in [3.05, 3.63) is 82.5 Å². The summed E-state index contributed by atoms with van der Waals surface area (Å²) in [7, 11) is 0. The molecule has 0 bridgehead atoms. The molecule has 1 aliphatic heterocycles. The van der Waals surface area contributed by atoms with Gasteiger partial charge in [0.2, 0.25) is 11.9 Å². The minimum absolute atomic E-state index is 0.420. The number of aromatic nitrogens is 2. The summed E-state index contributed by atoms with van der Waals surface area (Å²) in [6.45, 7) is 6.53. The molecule has 6 rings (SSSR count). The minimum atomic E-state index is -0.420. The third-order valence-electron chi connectivity index (χ3n) is 8.43. The number of benzene rings is 3. The summed E-state index contributed by atoms with van der Waals surface area (Å²) in [6.07, 6.45) is 9.31. The number of hydrogen-bond donors (Lipinski definition) is 2. The summed E-state index contributed by atoms with van der Waals surface area (Å²) in [5.41, 5.74) is 14.9. The molecule has 194 valence electrons. The first-order valence-corrected chi connectivity index (χ1v) is 13.8. The molecular weight excluding hydrogens is 470 g/mol. The van der Waals surface area contributed by atoms with Crippen LogP contribution in [0.4, 0.5) is 11.6 Å². The molecule has 1 unspecified atom stereocenters. The molecule has 3 aromatic carbocycles. The lowest BCUT2D eigenvalue weighted by molar-refractivity contribution is 0.0999. The number of nitrogens with zero attached hydrogens (tertiary/aromatic N) is 3. The van der Waals surface area contributed by atoms with Gasteiger partial charge in [-0.05, 0) is 111 Å². The largest absolute Gasteiger partial charge is 0.366 e. The SMILES string of the molecule is Cc1ccc(C(N)=O)c(C)c1-c1cccc2cnc(Nc3ccc4c(c3)CCC(N3CCCC3)CC4)nc12. The summed E-state index contributed by atoms with van der Waals surface area (Å²) < 4.78 is 0. The third kappa shape index (κ3) is 4.65. The quantitative estimate of drug-likeness (QED) is 0.320. The van der Waals surface area contributed by atoms with E-state index in [9.17, 15) is 4.79 Å². The van der Waals surface area contributed by atoms with E-state index in [1.165, 1.54) is 49.9 Å². The van der Waals surface area contributed by atoms with Crippen molar-refractivity contribution in [2.24, 2.45) is 5.73 Å². The topological polar surface area (TPSA) is 84.1 Å². The number of amides is 1. The van der Waals surface area contributed by atoms with E-state index in [0.29, 0.717) is 17.6 Å². The lowest BCUT2D eigenvalue weighted by atomic mass is 9.91. The number of carbonyl (C=O) groups excluding carboxylic acids is 1. The Morgan fingerprint density at radius 1 is 1.00 bits per heavy atom. The number of carbonyl (C=O) groups is 1. The number of nitrogens with one attached hydrogen (secondary N) is 1. The highest BCUT2D eigenvalue weighted by Crippen LogP contribution is 2.35. The normalized spacial score (nSPS) is 17.8. The van der Waals surface area contributed by atoms with Gasteiger partial charge in [0.05, 0.1) is 5.52 Å². The van der Waals surface area contributed by atoms with Crippen LogP contribution in [0, 0.1) is 13.8 Å². The average Bonchev–Trinajstić information content (AvgIpc) is 3.36. The Labute approximate surface area is 224 Å². The van der Waals surface area contributed by atoms with Crippen molar-refractivity contribution >= 4 is 28.4 Å². The van der Waals surface area contributed by atoms with Crippen molar-refractivity contribution in [3.8, 4) is 11.1 Å². The molecule has 0 radical (unpaired) electrons. The predicted octanol–water partition coefficient (Wildman–Crippen LogP) is 6.10. The Hall–Kier alpha value is -3.77. The van der Waals surface area contributed by atoms with E-state index in [1.54, 1.807) is 6.07 Å². The molecule has 1 amide bonds. The molecular formula is C32H35N5O. The number of nitrogens with two attached hydrogens (primary N) is 1. The summed E-state index contributed by atoms with van der Waals surface area (Å²) in [5, 5.41) is 4.41. The van der Waals surface area contributed by atoms with Gasteiger partial charge in [0.15, 0.2) is 0 Å². The number of likely N-dealkylation sites (tertiary alicyclic amines) is 1. The molecule has 1 aromatic heterocycles. The lowest BCUT2D eigenvalue weighted by Crippen LogP contribution is -2.32. The van der Waals surface area contributed by atoms with E-state index < -0.39 is 5.91 Å². The number of rotatable bonds is 5. The average molecular weight is 506 g/mol. The van der Waals surface area contributed by atoms with E-state index in [-0.39, 0.29) is 0 Å². The number of anilines is 2.